The van der Waals surface area contributed by atoms with E-state index in [2.05, 4.69) is 5.16 Å². The fourth-order valence-corrected chi connectivity index (χ4v) is 4.11. The van der Waals surface area contributed by atoms with E-state index in [4.69, 9.17) is 9.26 Å². The number of Topliss-reactive ketones (excluding diaryl/α,β-unsaturated/α-hetero) is 1. The van der Waals surface area contributed by atoms with Crippen molar-refractivity contribution < 1.29 is 24.0 Å². The second-order valence-corrected chi connectivity index (χ2v) is 7.74. The predicted molar refractivity (Wildman–Crippen MR) is 126 cm³/mol. The average molecular weight is 452 g/mol. The Bertz CT molecular complexity index is 1360. The van der Waals surface area contributed by atoms with Gasteiger partial charge < -0.3 is 14.4 Å². The lowest BCUT2D eigenvalue weighted by atomic mass is 9.95. The number of anilines is 1. The molecule has 0 saturated carbocycles. The molecule has 7 nitrogen and oxygen atoms in total. The van der Waals surface area contributed by atoms with Crippen LogP contribution in [0, 0.1) is 0 Å². The molecule has 3 aromatic carbocycles. The molecule has 1 fully saturated rings. The molecule has 1 atom stereocenters. The topological polar surface area (TPSA) is 92.9 Å². The number of ketones is 1. The van der Waals surface area contributed by atoms with Gasteiger partial charge in [0.1, 0.15) is 23.5 Å². The van der Waals surface area contributed by atoms with Crippen LogP contribution in [0.1, 0.15) is 17.2 Å². The SMILES string of the molecule is COc1ccc(C(O)=C2C(=O)C(=O)N(c3ccc(-c4ccon4)cc3)C2c2ccccc2)cc1. The third-order valence-corrected chi connectivity index (χ3v) is 5.80. The zero-order chi connectivity index (χ0) is 23.7. The Balaban J connectivity index is 1.63. The number of rotatable bonds is 5. The molecule has 0 spiro atoms. The van der Waals surface area contributed by atoms with Crippen LogP contribution in [0.4, 0.5) is 5.69 Å². The quantitative estimate of drug-likeness (QED) is 0.261. The first kappa shape index (κ1) is 21.2. The number of ether oxygens (including phenoxy) is 1. The van der Waals surface area contributed by atoms with Crippen molar-refractivity contribution in [3.63, 3.8) is 0 Å². The Morgan fingerprint density at radius 1 is 0.941 bits per heavy atom. The standard InChI is InChI=1S/C27H20N2O5/c1-33-21-13-9-19(10-14-21)25(30)23-24(18-5-3-2-4-6-18)29(27(32)26(23)31)20-11-7-17(8-12-20)22-15-16-34-28-22/h2-16,24,30H,1H3. The summed E-state index contributed by atoms with van der Waals surface area (Å²) < 4.78 is 10.1. The van der Waals surface area contributed by atoms with E-state index in [9.17, 15) is 14.7 Å². The van der Waals surface area contributed by atoms with Crippen LogP contribution >= 0.6 is 0 Å². The number of hydrogen-bond acceptors (Lipinski definition) is 6. The van der Waals surface area contributed by atoms with Gasteiger partial charge in [-0.15, -0.1) is 0 Å². The van der Waals surface area contributed by atoms with Gasteiger partial charge in [0, 0.05) is 22.9 Å². The van der Waals surface area contributed by atoms with Crippen LogP contribution in [-0.2, 0) is 9.59 Å². The van der Waals surface area contributed by atoms with Crippen molar-refractivity contribution in [3.05, 3.63) is 108 Å². The Hall–Kier alpha value is -4.65. The van der Waals surface area contributed by atoms with Crippen molar-refractivity contribution in [3.8, 4) is 17.0 Å². The lowest BCUT2D eigenvalue weighted by molar-refractivity contribution is -0.132. The molecule has 0 radical (unpaired) electrons. The minimum Gasteiger partial charge on any atom is -0.507 e. The largest absolute Gasteiger partial charge is 0.507 e. The summed E-state index contributed by atoms with van der Waals surface area (Å²) in [4.78, 5) is 27.9. The minimum absolute atomic E-state index is 0.0296. The number of nitrogens with zero attached hydrogens (tertiary/aromatic N) is 2. The maximum Gasteiger partial charge on any atom is 0.300 e. The van der Waals surface area contributed by atoms with E-state index in [0.29, 0.717) is 28.3 Å². The molecule has 34 heavy (non-hydrogen) atoms. The first-order chi connectivity index (χ1) is 16.6. The van der Waals surface area contributed by atoms with Crippen LogP contribution in [-0.4, -0.2) is 29.1 Å². The monoisotopic (exact) mass is 452 g/mol. The molecule has 0 bridgehead atoms. The number of aliphatic hydroxyl groups excluding tert-OH is 1. The summed E-state index contributed by atoms with van der Waals surface area (Å²) in [5, 5.41) is 15.1. The van der Waals surface area contributed by atoms with Crippen LogP contribution in [0.15, 0.2) is 101 Å². The average Bonchev–Trinajstić information content (AvgIpc) is 3.52. The van der Waals surface area contributed by atoms with E-state index < -0.39 is 17.7 Å². The van der Waals surface area contributed by atoms with E-state index >= 15 is 0 Å². The summed E-state index contributed by atoms with van der Waals surface area (Å²) >= 11 is 0. The number of carbonyl (C=O) groups is 2. The number of methoxy groups -OCH3 is 1. The molecule has 2 heterocycles. The van der Waals surface area contributed by atoms with Crippen molar-refractivity contribution in [1.29, 1.82) is 0 Å². The van der Waals surface area contributed by atoms with Gasteiger partial charge >= 0.3 is 0 Å². The molecule has 1 amide bonds. The molecule has 7 heteroatoms. The summed E-state index contributed by atoms with van der Waals surface area (Å²) in [6.45, 7) is 0. The number of aliphatic hydroxyl groups is 1. The van der Waals surface area contributed by atoms with Gasteiger partial charge in [-0.2, -0.15) is 0 Å². The first-order valence-corrected chi connectivity index (χ1v) is 10.6. The molecule has 0 aliphatic carbocycles. The van der Waals surface area contributed by atoms with Crippen molar-refractivity contribution in [2.24, 2.45) is 0 Å². The van der Waals surface area contributed by atoms with Gasteiger partial charge in [0.15, 0.2) is 0 Å². The molecule has 1 N–H and O–H groups in total. The Kier molecular flexibility index (Phi) is 5.43. The lowest BCUT2D eigenvalue weighted by Crippen LogP contribution is -2.29. The fraction of sp³-hybridized carbons (Fsp3) is 0.0741. The Morgan fingerprint density at radius 3 is 2.26 bits per heavy atom. The number of hydrogen-bond donors (Lipinski definition) is 1. The van der Waals surface area contributed by atoms with Crippen LogP contribution in [0.3, 0.4) is 0 Å². The van der Waals surface area contributed by atoms with Crippen LogP contribution < -0.4 is 9.64 Å². The van der Waals surface area contributed by atoms with Crippen molar-refractivity contribution in [2.45, 2.75) is 6.04 Å². The van der Waals surface area contributed by atoms with E-state index in [1.54, 1.807) is 61.7 Å². The minimum atomic E-state index is -0.791. The predicted octanol–water partition coefficient (Wildman–Crippen LogP) is 4.98. The van der Waals surface area contributed by atoms with Crippen LogP contribution in [0.2, 0.25) is 0 Å². The smallest absolute Gasteiger partial charge is 0.300 e. The summed E-state index contributed by atoms with van der Waals surface area (Å²) in [7, 11) is 1.55. The van der Waals surface area contributed by atoms with Gasteiger partial charge in [-0.05, 0) is 42.0 Å². The molecular weight excluding hydrogens is 432 g/mol. The highest BCUT2D eigenvalue weighted by atomic mass is 16.5. The highest BCUT2D eigenvalue weighted by Crippen LogP contribution is 2.42. The number of carbonyl (C=O) groups excluding carboxylic acids is 2. The van der Waals surface area contributed by atoms with Crippen molar-refractivity contribution in [2.75, 3.05) is 12.0 Å². The summed E-state index contributed by atoms with van der Waals surface area (Å²) in [6.07, 6.45) is 1.48. The molecule has 168 valence electrons. The molecule has 1 saturated heterocycles. The molecule has 5 rings (SSSR count). The van der Waals surface area contributed by atoms with E-state index in [0.717, 1.165) is 5.56 Å². The number of amides is 1. The van der Waals surface area contributed by atoms with Crippen LogP contribution in [0.5, 0.6) is 5.75 Å². The maximum atomic E-state index is 13.2. The summed E-state index contributed by atoms with van der Waals surface area (Å²) in [6, 6.07) is 23.9. The third kappa shape index (κ3) is 3.63. The van der Waals surface area contributed by atoms with Crippen molar-refractivity contribution in [1.82, 2.24) is 5.16 Å². The lowest BCUT2D eigenvalue weighted by Gasteiger charge is -2.25. The Morgan fingerprint density at radius 2 is 1.65 bits per heavy atom. The highest BCUT2D eigenvalue weighted by molar-refractivity contribution is 6.51. The highest BCUT2D eigenvalue weighted by Gasteiger charge is 2.46. The molecular formula is C27H20N2O5. The second kappa shape index (κ2) is 8.71. The van der Waals surface area contributed by atoms with Crippen molar-refractivity contribution >= 4 is 23.1 Å². The number of benzene rings is 3. The van der Waals surface area contributed by atoms with E-state index in [-0.39, 0.29) is 11.3 Å². The van der Waals surface area contributed by atoms with Gasteiger partial charge in [0.25, 0.3) is 11.7 Å². The molecule has 1 aliphatic rings. The summed E-state index contributed by atoms with van der Waals surface area (Å²) in [5.74, 6) is -1.08. The van der Waals surface area contributed by atoms with Gasteiger partial charge in [-0.3, -0.25) is 14.5 Å². The normalized spacial score (nSPS) is 17.2. The van der Waals surface area contributed by atoms with Gasteiger partial charge in [-0.1, -0.05) is 47.6 Å². The summed E-state index contributed by atoms with van der Waals surface area (Å²) in [5.41, 5.74) is 3.15. The second-order valence-electron chi connectivity index (χ2n) is 7.74. The van der Waals surface area contributed by atoms with Gasteiger partial charge in [-0.25, -0.2) is 0 Å². The fourth-order valence-electron chi connectivity index (χ4n) is 4.11. The van der Waals surface area contributed by atoms with E-state index in [1.165, 1.54) is 11.2 Å². The molecule has 4 aromatic rings. The molecule has 1 aliphatic heterocycles. The van der Waals surface area contributed by atoms with Gasteiger partial charge in [0.05, 0.1) is 18.7 Å². The maximum absolute atomic E-state index is 13.2. The molecule has 1 aromatic heterocycles. The zero-order valence-electron chi connectivity index (χ0n) is 18.2. The third-order valence-electron chi connectivity index (χ3n) is 5.80. The molecule has 1 unspecified atom stereocenters. The van der Waals surface area contributed by atoms with Crippen LogP contribution in [0.25, 0.3) is 17.0 Å². The zero-order valence-corrected chi connectivity index (χ0v) is 18.2. The number of aromatic nitrogens is 1. The first-order valence-electron chi connectivity index (χ1n) is 10.6. The Labute approximate surface area is 195 Å². The van der Waals surface area contributed by atoms with E-state index in [1.807, 2.05) is 30.3 Å². The van der Waals surface area contributed by atoms with Gasteiger partial charge in [0.2, 0.25) is 0 Å².